The Balaban J connectivity index is 1.59. The lowest BCUT2D eigenvalue weighted by molar-refractivity contribution is 0.239. The van der Waals surface area contributed by atoms with Crippen molar-refractivity contribution in [2.45, 2.75) is 19.5 Å². The van der Waals surface area contributed by atoms with Crippen LogP contribution in [0, 0.1) is 0 Å². The highest BCUT2D eigenvalue weighted by molar-refractivity contribution is 7.13. The van der Waals surface area contributed by atoms with E-state index in [1.54, 1.807) is 24.5 Å². The van der Waals surface area contributed by atoms with Crippen LogP contribution in [-0.4, -0.2) is 40.7 Å². The summed E-state index contributed by atoms with van der Waals surface area (Å²) in [5.74, 6) is 1.47. The lowest BCUT2D eigenvalue weighted by atomic mass is 10.1. The number of hydrogen-bond donors (Lipinski definition) is 2. The highest BCUT2D eigenvalue weighted by Crippen LogP contribution is 2.37. The van der Waals surface area contributed by atoms with Crippen LogP contribution >= 0.6 is 11.3 Å². The monoisotopic (exact) mass is 399 g/mol. The third-order valence-electron chi connectivity index (χ3n) is 4.83. The molecule has 0 aliphatic carbocycles. The number of thiophene rings is 1. The van der Waals surface area contributed by atoms with Gasteiger partial charge >= 0.3 is 0 Å². The molecule has 28 heavy (non-hydrogen) atoms. The SMILES string of the molecule is COc1cc(CN2CCc3c(nc(-c4cccs4)[nH]c3=O)C2)cc(O)c1OC. The fourth-order valence-corrected chi connectivity index (χ4v) is 4.18. The quantitative estimate of drug-likeness (QED) is 0.686. The van der Waals surface area contributed by atoms with Gasteiger partial charge in [0.1, 0.15) is 0 Å². The van der Waals surface area contributed by atoms with E-state index in [-0.39, 0.29) is 11.3 Å². The number of fused-ring (bicyclic) bond motifs is 1. The molecule has 0 fully saturated rings. The second-order valence-corrected chi connectivity index (χ2v) is 7.58. The molecular weight excluding hydrogens is 378 g/mol. The molecule has 0 spiro atoms. The molecule has 0 unspecified atom stereocenters. The first-order valence-electron chi connectivity index (χ1n) is 8.91. The molecule has 8 heteroatoms. The third kappa shape index (κ3) is 3.48. The van der Waals surface area contributed by atoms with Gasteiger partial charge in [0.2, 0.25) is 5.75 Å². The van der Waals surface area contributed by atoms with E-state index >= 15 is 0 Å². The number of nitrogens with one attached hydrogen (secondary N) is 1. The Morgan fingerprint density at radius 2 is 2.18 bits per heavy atom. The molecule has 0 amide bonds. The van der Waals surface area contributed by atoms with Crippen LogP contribution in [0.1, 0.15) is 16.8 Å². The third-order valence-corrected chi connectivity index (χ3v) is 5.71. The van der Waals surface area contributed by atoms with Crippen molar-refractivity contribution in [2.24, 2.45) is 0 Å². The van der Waals surface area contributed by atoms with Gasteiger partial charge in [-0.25, -0.2) is 4.98 Å². The highest BCUT2D eigenvalue weighted by atomic mass is 32.1. The van der Waals surface area contributed by atoms with Crippen LogP contribution in [0.4, 0.5) is 0 Å². The average molecular weight is 399 g/mol. The Kier molecular flexibility index (Phi) is 5.06. The molecule has 0 saturated carbocycles. The van der Waals surface area contributed by atoms with Gasteiger partial charge in [-0.15, -0.1) is 11.3 Å². The standard InChI is InChI=1S/C20H21N3O4S/c1-26-16-9-12(8-15(24)18(16)27-2)10-23-6-5-13-14(11-23)21-19(22-20(13)25)17-4-3-7-28-17/h3-4,7-9,24H,5-6,10-11H2,1-2H3,(H,21,22,25). The number of methoxy groups -OCH3 is 2. The molecule has 2 aromatic heterocycles. The molecule has 7 nitrogen and oxygen atoms in total. The predicted octanol–water partition coefficient (Wildman–Crippen LogP) is 2.78. The molecule has 3 aromatic rings. The normalized spacial score (nSPS) is 13.9. The van der Waals surface area contributed by atoms with E-state index < -0.39 is 0 Å². The number of aromatic nitrogens is 2. The zero-order valence-electron chi connectivity index (χ0n) is 15.7. The fraction of sp³-hybridized carbons (Fsp3) is 0.300. The lowest BCUT2D eigenvalue weighted by Crippen LogP contribution is -2.35. The topological polar surface area (TPSA) is 87.7 Å². The van der Waals surface area contributed by atoms with Crippen LogP contribution in [0.15, 0.2) is 34.4 Å². The van der Waals surface area contributed by atoms with E-state index in [2.05, 4.69) is 9.88 Å². The van der Waals surface area contributed by atoms with Crippen LogP contribution in [-0.2, 0) is 19.5 Å². The molecule has 4 rings (SSSR count). The first kappa shape index (κ1) is 18.5. The van der Waals surface area contributed by atoms with Crippen LogP contribution in [0.5, 0.6) is 17.2 Å². The van der Waals surface area contributed by atoms with Crippen LogP contribution in [0.3, 0.4) is 0 Å². The van der Waals surface area contributed by atoms with Gasteiger partial charge in [-0.3, -0.25) is 9.69 Å². The molecule has 1 aliphatic rings. The van der Waals surface area contributed by atoms with Crippen LogP contribution in [0.25, 0.3) is 10.7 Å². The number of rotatable bonds is 5. The summed E-state index contributed by atoms with van der Waals surface area (Å²) in [4.78, 5) is 23.2. The maximum Gasteiger partial charge on any atom is 0.254 e. The molecule has 0 atom stereocenters. The molecule has 3 heterocycles. The predicted molar refractivity (Wildman–Crippen MR) is 107 cm³/mol. The molecule has 0 saturated heterocycles. The van der Waals surface area contributed by atoms with Gasteiger partial charge in [0.15, 0.2) is 17.3 Å². The number of H-pyrrole nitrogens is 1. The Morgan fingerprint density at radius 3 is 2.89 bits per heavy atom. The van der Waals surface area contributed by atoms with Crippen LogP contribution < -0.4 is 15.0 Å². The van der Waals surface area contributed by atoms with Crippen molar-refractivity contribution in [1.29, 1.82) is 0 Å². The van der Waals surface area contributed by atoms with Crippen LogP contribution in [0.2, 0.25) is 0 Å². The summed E-state index contributed by atoms with van der Waals surface area (Å²) in [5.41, 5.74) is 2.41. The molecule has 1 aliphatic heterocycles. The van der Waals surface area contributed by atoms with Crippen molar-refractivity contribution in [2.75, 3.05) is 20.8 Å². The van der Waals surface area contributed by atoms with Crippen molar-refractivity contribution < 1.29 is 14.6 Å². The molecule has 0 radical (unpaired) electrons. The maximum atomic E-state index is 12.5. The van der Waals surface area contributed by atoms with E-state index in [4.69, 9.17) is 14.5 Å². The molecule has 146 valence electrons. The first-order chi connectivity index (χ1) is 13.6. The van der Waals surface area contributed by atoms with E-state index in [0.717, 1.165) is 28.2 Å². The van der Waals surface area contributed by atoms with Gasteiger partial charge in [0.25, 0.3) is 5.56 Å². The summed E-state index contributed by atoms with van der Waals surface area (Å²) < 4.78 is 10.5. The number of aromatic amines is 1. The Labute approximate surface area is 166 Å². The number of hydrogen-bond acceptors (Lipinski definition) is 7. The van der Waals surface area contributed by atoms with E-state index in [1.165, 1.54) is 7.11 Å². The second kappa shape index (κ2) is 7.65. The summed E-state index contributed by atoms with van der Waals surface area (Å²) in [6.45, 7) is 1.92. The fourth-order valence-electron chi connectivity index (χ4n) is 3.51. The molecule has 0 bridgehead atoms. The van der Waals surface area contributed by atoms with Gasteiger partial charge in [-0.2, -0.15) is 0 Å². The molecular formula is C20H21N3O4S. The number of aromatic hydroxyl groups is 1. The van der Waals surface area contributed by atoms with Gasteiger partial charge in [0.05, 0.1) is 24.8 Å². The summed E-state index contributed by atoms with van der Waals surface area (Å²) in [7, 11) is 3.04. The number of phenolic OH excluding ortho intramolecular Hbond substituents is 1. The summed E-state index contributed by atoms with van der Waals surface area (Å²) >= 11 is 1.55. The number of benzene rings is 1. The van der Waals surface area contributed by atoms with Gasteiger partial charge in [0, 0.05) is 25.2 Å². The number of ether oxygens (including phenoxy) is 2. The Morgan fingerprint density at radius 1 is 1.32 bits per heavy atom. The average Bonchev–Trinajstić information content (AvgIpc) is 3.22. The Hall–Kier alpha value is -2.84. The van der Waals surface area contributed by atoms with Gasteiger partial charge in [-0.05, 0) is 35.6 Å². The minimum Gasteiger partial charge on any atom is -0.504 e. The van der Waals surface area contributed by atoms with E-state index in [1.807, 2.05) is 23.6 Å². The molecule has 2 N–H and O–H groups in total. The van der Waals surface area contributed by atoms with Crippen molar-refractivity contribution in [3.63, 3.8) is 0 Å². The van der Waals surface area contributed by atoms with Gasteiger partial charge < -0.3 is 19.6 Å². The minimum atomic E-state index is -0.0585. The van der Waals surface area contributed by atoms with Crippen molar-refractivity contribution in [3.8, 4) is 28.0 Å². The number of phenols is 1. The zero-order chi connectivity index (χ0) is 19.7. The van der Waals surface area contributed by atoms with E-state index in [9.17, 15) is 9.90 Å². The summed E-state index contributed by atoms with van der Waals surface area (Å²) in [6.07, 6.45) is 0.641. The van der Waals surface area contributed by atoms with Crippen molar-refractivity contribution in [3.05, 3.63) is 56.8 Å². The maximum absolute atomic E-state index is 12.5. The van der Waals surface area contributed by atoms with Crippen molar-refractivity contribution >= 4 is 11.3 Å². The Bertz CT molecular complexity index is 1050. The summed E-state index contributed by atoms with van der Waals surface area (Å²) in [6, 6.07) is 7.42. The largest absolute Gasteiger partial charge is 0.504 e. The second-order valence-electron chi connectivity index (χ2n) is 6.63. The smallest absolute Gasteiger partial charge is 0.254 e. The van der Waals surface area contributed by atoms with Gasteiger partial charge in [-0.1, -0.05) is 6.07 Å². The summed E-state index contributed by atoms with van der Waals surface area (Å²) in [5, 5.41) is 12.2. The van der Waals surface area contributed by atoms with Crippen molar-refractivity contribution in [1.82, 2.24) is 14.9 Å². The lowest BCUT2D eigenvalue weighted by Gasteiger charge is -2.28. The van der Waals surface area contributed by atoms with E-state index in [0.29, 0.717) is 36.8 Å². The molecule has 1 aromatic carbocycles. The number of nitrogens with zero attached hydrogens (tertiary/aromatic N) is 2. The minimum absolute atomic E-state index is 0.0452. The first-order valence-corrected chi connectivity index (χ1v) is 9.79. The highest BCUT2D eigenvalue weighted by Gasteiger charge is 2.22. The zero-order valence-corrected chi connectivity index (χ0v) is 16.5.